The van der Waals surface area contributed by atoms with E-state index in [1.807, 2.05) is 208 Å². The van der Waals surface area contributed by atoms with Gasteiger partial charge in [-0.1, -0.05) is 69.2 Å². The molecule has 12 nitrogen and oxygen atoms in total. The number of hydrogen-bond acceptors (Lipinski definition) is 12. The molecular weight excluding hydrogens is 1980 g/mol. The van der Waals surface area contributed by atoms with Crippen molar-refractivity contribution in [2.75, 3.05) is 19.0 Å². The van der Waals surface area contributed by atoms with Crippen molar-refractivity contribution < 1.29 is 129 Å². The van der Waals surface area contributed by atoms with Crippen molar-refractivity contribution in [2.24, 2.45) is 0 Å². The molecule has 0 bridgehead atoms. The van der Waals surface area contributed by atoms with Crippen LogP contribution in [0.15, 0.2) is 243 Å². The Hall–Kier alpha value is -6.06. The van der Waals surface area contributed by atoms with Crippen molar-refractivity contribution in [1.29, 1.82) is 0 Å². The fraction of sp³-hybridized carbons (Fsp3) is 0.0615. The topological polar surface area (TPSA) is 143 Å². The number of aromatic nitrogens is 5. The molecule has 6 aromatic carbocycles. The van der Waals surface area contributed by atoms with Crippen LogP contribution in [0.5, 0.6) is 58.1 Å². The molecule has 0 aliphatic heterocycles. The normalized spacial score (nSPS) is 9.62. The van der Waals surface area contributed by atoms with Gasteiger partial charge in [-0.3, -0.25) is 0 Å². The summed E-state index contributed by atoms with van der Waals surface area (Å²) in [7, 11) is 3.04. The molecule has 0 aliphatic carbocycles. The molecule has 436 valence electrons. The maximum absolute atomic E-state index is 8.90. The molecule has 0 saturated carbocycles. The van der Waals surface area contributed by atoms with Gasteiger partial charge in [0.1, 0.15) is 5.82 Å². The minimum absolute atomic E-state index is 0. The van der Waals surface area contributed by atoms with E-state index in [1.165, 1.54) is 5.30 Å². The fourth-order valence-corrected chi connectivity index (χ4v) is 7.86. The number of benzene rings is 6. The maximum atomic E-state index is 8.90. The van der Waals surface area contributed by atoms with E-state index in [9.17, 15) is 0 Å². The van der Waals surface area contributed by atoms with Crippen molar-refractivity contribution in [2.45, 2.75) is 13.5 Å². The van der Waals surface area contributed by atoms with Crippen LogP contribution in [0.2, 0.25) is 0 Å². The van der Waals surface area contributed by atoms with E-state index in [-0.39, 0.29) is 107 Å². The third-order valence-corrected chi connectivity index (χ3v) is 12.0. The first-order valence-electron chi connectivity index (χ1n) is 24.7. The number of para-hydroxylation sites is 5. The van der Waals surface area contributed by atoms with Gasteiger partial charge in [0.05, 0.1) is 23.2 Å². The molecule has 84 heavy (non-hydrogen) atoms. The zero-order valence-electron chi connectivity index (χ0n) is 45.2. The van der Waals surface area contributed by atoms with E-state index < -0.39 is 0 Å². The maximum Gasteiger partial charge on any atom is 1.00 e. The molecule has 2 unspecified atom stereocenters. The van der Waals surface area contributed by atoms with Gasteiger partial charge in [-0.15, -0.1) is 60.7 Å². The number of aryl methyl sites for hydroxylation is 1. The predicted octanol–water partition coefficient (Wildman–Crippen LogP) is 13.8. The molecule has 2 atom stereocenters. The van der Waals surface area contributed by atoms with Crippen molar-refractivity contribution in [3.8, 4) is 58.1 Å². The number of aliphatic hydroxyl groups excluding tert-OH is 1. The number of nitrogens with one attached hydrogen (secondary N) is 1. The van der Waals surface area contributed by atoms with Gasteiger partial charge in [0, 0.05) is 113 Å². The molecule has 0 spiro atoms. The third-order valence-electron chi connectivity index (χ3n) is 10.0. The second-order valence-electron chi connectivity index (χ2n) is 16.0. The van der Waals surface area contributed by atoms with Crippen LogP contribution in [0.1, 0.15) is 11.4 Å². The van der Waals surface area contributed by atoms with Crippen LogP contribution in [0.3, 0.4) is 0 Å². The Morgan fingerprint density at radius 2 is 0.762 bits per heavy atom. The minimum atomic E-state index is -0.0876. The smallest absolute Gasteiger partial charge is 0.466 e. The number of anilines is 1. The van der Waals surface area contributed by atoms with Crippen molar-refractivity contribution >= 4 is 39.2 Å². The Labute approximate surface area is 563 Å². The number of rotatable bonds is 15. The molecule has 4 radical (unpaired) electrons. The molecule has 0 aliphatic rings. The predicted molar refractivity (Wildman–Crippen MR) is 316 cm³/mol. The zero-order valence-corrected chi connectivity index (χ0v) is 59.5. The van der Waals surface area contributed by atoms with Gasteiger partial charge in [0.2, 0.25) is 29.4 Å². The summed E-state index contributed by atoms with van der Waals surface area (Å²) in [4.78, 5) is 21.4. The van der Waals surface area contributed by atoms with Gasteiger partial charge in [0.15, 0.2) is 0 Å². The Kier molecular flexibility index (Phi) is 38.4. The van der Waals surface area contributed by atoms with E-state index in [4.69, 9.17) is 28.8 Å². The summed E-state index contributed by atoms with van der Waals surface area (Å²) in [5.74, 6) is 6.98. The molecule has 0 saturated heterocycles. The monoisotopic (exact) mass is 2040 g/mol. The molecule has 11 aromatic rings. The Balaban J connectivity index is 0.000000355. The van der Waals surface area contributed by atoms with Crippen LogP contribution in [-0.4, -0.2) is 43.7 Å². The quantitative estimate of drug-likeness (QED) is 0.0745. The largest absolute Gasteiger partial charge is 1.00 e. The summed E-state index contributed by atoms with van der Waals surface area (Å²) in [5.41, 5.74) is 3.61. The summed E-state index contributed by atoms with van der Waals surface area (Å²) in [6.07, 6.45) is 0. The Bertz CT molecular complexity index is 3210. The summed E-state index contributed by atoms with van der Waals surface area (Å²) in [6, 6.07) is 90.6. The second kappa shape index (κ2) is 43.5. The number of ether oxygens (including phenoxy) is 5. The number of aliphatic hydroxyl groups is 1. The first kappa shape index (κ1) is 74.0. The van der Waals surface area contributed by atoms with Gasteiger partial charge >= 0.3 is 59.4 Å². The molecule has 11 rings (SSSR count). The summed E-state index contributed by atoms with van der Waals surface area (Å²) in [5, 5.41) is 13.1. The SMILES string of the molecule is CNc1cccc(Oc2[c-]cccc2)n1.CPc1cccc(Oc2[c-]cccc2)n1.Cc1cccc(Oc2[c-]cccc2)n1.OCc1cccc(Oc2[c-]cccc2)n1.[Ir].[Os+].[Os+].[Os+].[Pt].[c-]1ccccc1Oc1cccc(Pc2ccccc2)n1. The zero-order chi connectivity index (χ0) is 55.0. The average Bonchev–Trinajstić information content (AvgIpc) is 3.55. The molecule has 5 aromatic heterocycles. The molecule has 19 heteroatoms. The minimum Gasteiger partial charge on any atom is -0.466 e. The number of pyridine rings is 5. The fourth-order valence-electron chi connectivity index (χ4n) is 6.37. The van der Waals surface area contributed by atoms with Gasteiger partial charge in [-0.2, -0.15) is 96.0 Å². The standard InChI is InChI=1S/C17H13NOP.C12H11N2O.C12H10NO2.C12H11NOP.C12H10NO.Ir.3Os.Pt/c1-3-8-14(9-4-1)19-16-12-7-13-17(18-16)20-15-10-5-2-6-11-15;1-13-11-8-5-9-12(14-11)15-10-6-3-2-4-7-10;14-9-10-5-4-8-12(13-10)15-11-6-2-1-3-7-11;1-15-12-9-5-8-11(13-12)14-10-6-3-2-4-7-10;1-10-6-5-9-12(13-10)14-11-7-3-2-4-8-11;;;;;/h1-8,10-13,20H;2-6,8-9H,1H3,(H,13,14);1-6,8,14H,9H2;2-6,8-9,15H,1H3;2-7,9H,1H3;;;;;/q5*-1;;3*+1;. The summed E-state index contributed by atoms with van der Waals surface area (Å²) in [6.45, 7) is 3.94. The van der Waals surface area contributed by atoms with Gasteiger partial charge in [0.25, 0.3) is 0 Å². The molecule has 5 heterocycles. The first-order valence-corrected chi connectivity index (χ1v) is 27.2. The van der Waals surface area contributed by atoms with E-state index in [2.05, 4.69) is 79.4 Å². The summed E-state index contributed by atoms with van der Waals surface area (Å²) >= 11 is 0. The van der Waals surface area contributed by atoms with Gasteiger partial charge in [-0.05, 0) is 57.8 Å². The van der Waals surface area contributed by atoms with Crippen molar-refractivity contribution in [3.63, 3.8) is 0 Å². The molecular formula is C65H55IrN6O6Os3P2Pt-2. The van der Waals surface area contributed by atoms with Gasteiger partial charge in [-0.25, -0.2) is 19.9 Å². The Morgan fingerprint density at radius 1 is 0.405 bits per heavy atom. The number of nitrogens with zero attached hydrogens (tertiary/aromatic N) is 5. The average molecular weight is 2040 g/mol. The van der Waals surface area contributed by atoms with Crippen molar-refractivity contribution in [3.05, 3.63) is 284 Å². The van der Waals surface area contributed by atoms with E-state index in [0.29, 0.717) is 81.0 Å². The van der Waals surface area contributed by atoms with Crippen LogP contribution < -0.4 is 45.2 Å². The summed E-state index contributed by atoms with van der Waals surface area (Å²) < 4.78 is 27.7. The van der Waals surface area contributed by atoms with Crippen LogP contribution in [0, 0.1) is 37.3 Å². The second-order valence-corrected chi connectivity index (χ2v) is 18.3. The number of hydrogen-bond donors (Lipinski definition) is 2. The van der Waals surface area contributed by atoms with Crippen LogP contribution in [0.4, 0.5) is 5.82 Å². The van der Waals surface area contributed by atoms with Crippen LogP contribution >= 0.6 is 17.2 Å². The van der Waals surface area contributed by atoms with E-state index >= 15 is 0 Å². The van der Waals surface area contributed by atoms with Crippen molar-refractivity contribution in [1.82, 2.24) is 24.9 Å². The van der Waals surface area contributed by atoms with E-state index in [0.717, 1.165) is 22.4 Å². The molecule has 2 N–H and O–H groups in total. The first-order chi connectivity index (χ1) is 38.9. The van der Waals surface area contributed by atoms with Crippen LogP contribution in [-0.2, 0) is 107 Å². The third kappa shape index (κ3) is 28.7. The molecule has 0 fully saturated rings. The molecule has 0 amide bonds. The van der Waals surface area contributed by atoms with Crippen LogP contribution in [0.25, 0.3) is 0 Å². The Morgan fingerprint density at radius 3 is 1.15 bits per heavy atom. The van der Waals surface area contributed by atoms with E-state index in [1.54, 1.807) is 36.4 Å². The van der Waals surface area contributed by atoms with Gasteiger partial charge < -0.3 is 34.1 Å².